The van der Waals surface area contributed by atoms with Gasteiger partial charge in [0.2, 0.25) is 17.9 Å². The van der Waals surface area contributed by atoms with Gasteiger partial charge in [-0.05, 0) is 49.3 Å². The minimum atomic E-state index is -4.89. The molecule has 2 saturated heterocycles. The van der Waals surface area contributed by atoms with Crippen molar-refractivity contribution in [3.8, 4) is 11.6 Å². The zero-order valence-corrected chi connectivity index (χ0v) is 22.8. The number of aliphatic carboxylic acids is 1. The Morgan fingerprint density at radius 3 is 2.57 bits per heavy atom. The fourth-order valence-corrected chi connectivity index (χ4v) is 5.61. The molecule has 12 nitrogen and oxygen atoms in total. The van der Waals surface area contributed by atoms with Gasteiger partial charge < -0.3 is 36.0 Å². The van der Waals surface area contributed by atoms with Crippen molar-refractivity contribution in [2.75, 3.05) is 36.9 Å². The Kier molecular flexibility index (Phi) is 8.00. The Labute approximate surface area is 238 Å². The maximum absolute atomic E-state index is 14.6. The van der Waals surface area contributed by atoms with E-state index >= 15 is 0 Å². The highest BCUT2D eigenvalue weighted by atomic mass is 19.4. The van der Waals surface area contributed by atoms with E-state index in [0.717, 1.165) is 0 Å². The second-order valence-electron chi connectivity index (χ2n) is 10.8. The lowest BCUT2D eigenvalue weighted by Crippen LogP contribution is -2.41. The van der Waals surface area contributed by atoms with Crippen LogP contribution in [0.5, 0.6) is 5.88 Å². The summed E-state index contributed by atoms with van der Waals surface area (Å²) in [5.41, 5.74) is 6.20. The molecule has 2 aliphatic rings. The fourth-order valence-electron chi connectivity index (χ4n) is 5.61. The first kappa shape index (κ1) is 29.5. The Bertz CT molecular complexity index is 1440. The third-order valence-corrected chi connectivity index (χ3v) is 7.91. The minimum Gasteiger partial charge on any atom is -0.480 e. The van der Waals surface area contributed by atoms with Crippen molar-refractivity contribution in [2.45, 2.75) is 50.6 Å². The van der Waals surface area contributed by atoms with Crippen LogP contribution in [-0.4, -0.2) is 79.5 Å². The van der Waals surface area contributed by atoms with E-state index in [-0.39, 0.29) is 34.1 Å². The van der Waals surface area contributed by atoms with Gasteiger partial charge in [-0.15, -0.1) is 0 Å². The molecule has 3 aromatic rings. The van der Waals surface area contributed by atoms with Crippen molar-refractivity contribution in [1.82, 2.24) is 25.1 Å². The van der Waals surface area contributed by atoms with E-state index in [2.05, 4.69) is 20.4 Å². The number of carboxylic acids is 1. The van der Waals surface area contributed by atoms with E-state index in [1.165, 1.54) is 35.1 Å². The number of nitrogens with one attached hydrogen (secondary N) is 1. The van der Waals surface area contributed by atoms with E-state index < -0.39 is 37.0 Å². The van der Waals surface area contributed by atoms with Crippen molar-refractivity contribution in [3.63, 3.8) is 0 Å². The molecular weight excluding hydrogens is 559 g/mol. The summed E-state index contributed by atoms with van der Waals surface area (Å²) in [6.07, 6.45) is -5.33. The highest BCUT2D eigenvalue weighted by molar-refractivity contribution is 5.74. The number of aliphatic hydroxyl groups is 2. The SMILES string of the molecule is Cc1ccn(-c2cc(C(O)CO)ccc2[C@@H](Oc2cc(N3CCC4(CC3)CNC(C(=O)O)C4)nc(N)n2)C(F)(F)F)n1. The van der Waals surface area contributed by atoms with Crippen molar-refractivity contribution in [2.24, 2.45) is 5.41 Å². The number of carboxylic acid groups (broad SMARTS) is 1. The maximum atomic E-state index is 14.6. The van der Waals surface area contributed by atoms with E-state index in [0.29, 0.717) is 50.4 Å². The molecule has 42 heavy (non-hydrogen) atoms. The Morgan fingerprint density at radius 2 is 1.98 bits per heavy atom. The summed E-state index contributed by atoms with van der Waals surface area (Å²) in [6, 6.07) is 6.11. The van der Waals surface area contributed by atoms with Crippen LogP contribution < -0.4 is 20.7 Å². The second-order valence-corrected chi connectivity index (χ2v) is 10.8. The normalized spacial score (nSPS) is 20.0. The number of alkyl halides is 3. The van der Waals surface area contributed by atoms with Crippen LogP contribution in [0.25, 0.3) is 5.69 Å². The second kappa shape index (κ2) is 11.4. The third kappa shape index (κ3) is 6.12. The number of ether oxygens (including phenoxy) is 1. The lowest BCUT2D eigenvalue weighted by molar-refractivity contribution is -0.198. The van der Waals surface area contributed by atoms with Gasteiger partial charge in [-0.1, -0.05) is 12.1 Å². The number of nitrogens with two attached hydrogens (primary N) is 1. The Balaban J connectivity index is 1.43. The third-order valence-electron chi connectivity index (χ3n) is 7.91. The molecule has 0 amide bonds. The van der Waals surface area contributed by atoms with Crippen LogP contribution in [0.4, 0.5) is 24.9 Å². The Hall–Kier alpha value is -3.95. The smallest absolute Gasteiger partial charge is 0.429 e. The molecule has 2 unspecified atom stereocenters. The van der Waals surface area contributed by atoms with E-state index in [1.807, 2.05) is 4.90 Å². The summed E-state index contributed by atoms with van der Waals surface area (Å²) >= 11 is 0. The number of aromatic nitrogens is 4. The minimum absolute atomic E-state index is 0.00356. The largest absolute Gasteiger partial charge is 0.480 e. The van der Waals surface area contributed by atoms with Crippen LogP contribution in [0.15, 0.2) is 36.5 Å². The number of nitrogens with zero attached hydrogens (tertiary/aromatic N) is 5. The number of nitrogen functional groups attached to an aromatic ring is 1. The molecule has 6 N–H and O–H groups in total. The quantitative estimate of drug-likeness (QED) is 0.260. The van der Waals surface area contributed by atoms with E-state index in [4.69, 9.17) is 10.5 Å². The molecule has 4 heterocycles. The lowest BCUT2D eigenvalue weighted by Gasteiger charge is -2.39. The topological polar surface area (TPSA) is 172 Å². The molecule has 0 radical (unpaired) electrons. The fraction of sp³-hybridized carbons (Fsp3) is 0.481. The van der Waals surface area contributed by atoms with Gasteiger partial charge in [0.1, 0.15) is 18.0 Å². The molecule has 1 spiro atoms. The highest BCUT2D eigenvalue weighted by Crippen LogP contribution is 2.42. The van der Waals surface area contributed by atoms with Gasteiger partial charge in [-0.3, -0.25) is 4.79 Å². The van der Waals surface area contributed by atoms with Gasteiger partial charge in [0.15, 0.2) is 0 Å². The first-order chi connectivity index (χ1) is 19.9. The summed E-state index contributed by atoms with van der Waals surface area (Å²) in [5.74, 6) is -1.22. The molecule has 2 aromatic heterocycles. The molecule has 226 valence electrons. The summed E-state index contributed by atoms with van der Waals surface area (Å²) in [4.78, 5) is 21.4. The summed E-state index contributed by atoms with van der Waals surface area (Å²) in [5, 5.41) is 36.1. The lowest BCUT2D eigenvalue weighted by atomic mass is 9.76. The van der Waals surface area contributed by atoms with Crippen LogP contribution in [0, 0.1) is 12.3 Å². The summed E-state index contributed by atoms with van der Waals surface area (Å²) in [7, 11) is 0. The van der Waals surface area contributed by atoms with E-state index in [9.17, 15) is 33.3 Å². The predicted octanol–water partition coefficient (Wildman–Crippen LogP) is 2.29. The van der Waals surface area contributed by atoms with Crippen LogP contribution >= 0.6 is 0 Å². The molecule has 2 aliphatic heterocycles. The number of hydrogen-bond donors (Lipinski definition) is 5. The molecule has 0 saturated carbocycles. The van der Waals surface area contributed by atoms with Crippen molar-refractivity contribution in [1.29, 1.82) is 0 Å². The average Bonchev–Trinajstić information content (AvgIpc) is 3.57. The summed E-state index contributed by atoms with van der Waals surface area (Å²) < 4.78 is 50.4. The highest BCUT2D eigenvalue weighted by Gasteiger charge is 2.46. The van der Waals surface area contributed by atoms with Gasteiger partial charge in [0, 0.05) is 37.5 Å². The molecule has 0 aliphatic carbocycles. The maximum Gasteiger partial charge on any atom is 0.429 e. The van der Waals surface area contributed by atoms with Crippen LogP contribution in [0.1, 0.15) is 48.3 Å². The number of piperidine rings is 1. The predicted molar refractivity (Wildman–Crippen MR) is 144 cm³/mol. The zero-order chi connectivity index (χ0) is 30.2. The monoisotopic (exact) mass is 591 g/mol. The first-order valence-corrected chi connectivity index (χ1v) is 13.4. The molecule has 3 atom stereocenters. The van der Waals surface area contributed by atoms with Gasteiger partial charge >= 0.3 is 12.1 Å². The number of carbonyl (C=O) groups is 1. The van der Waals surface area contributed by atoms with Crippen LogP contribution in [0.3, 0.4) is 0 Å². The molecule has 5 rings (SSSR count). The average molecular weight is 592 g/mol. The number of aryl methyl sites for hydroxylation is 1. The van der Waals surface area contributed by atoms with Gasteiger partial charge in [0.05, 0.1) is 18.0 Å². The molecule has 1 aromatic carbocycles. The van der Waals surface area contributed by atoms with Crippen LogP contribution in [0.2, 0.25) is 0 Å². The number of rotatable bonds is 8. The number of benzene rings is 1. The van der Waals surface area contributed by atoms with Gasteiger partial charge in [-0.25, -0.2) is 4.68 Å². The molecule has 0 bridgehead atoms. The number of aliphatic hydroxyl groups excluding tert-OH is 2. The summed E-state index contributed by atoms with van der Waals surface area (Å²) in [6.45, 7) is 2.65. The van der Waals surface area contributed by atoms with E-state index in [1.54, 1.807) is 13.0 Å². The molecule has 2 fully saturated rings. The first-order valence-electron chi connectivity index (χ1n) is 13.4. The van der Waals surface area contributed by atoms with Gasteiger partial charge in [0.25, 0.3) is 0 Å². The van der Waals surface area contributed by atoms with Crippen molar-refractivity contribution >= 4 is 17.7 Å². The van der Waals surface area contributed by atoms with Gasteiger partial charge in [-0.2, -0.15) is 28.2 Å². The van der Waals surface area contributed by atoms with Crippen molar-refractivity contribution in [3.05, 3.63) is 53.3 Å². The number of anilines is 2. The number of hydrogen-bond acceptors (Lipinski definition) is 10. The standard InChI is InChI=1S/C27H32F3N7O5/c1-15-4-7-37(35-15)19-10-16(20(39)13-38)2-3-17(19)23(27(28,29)30)42-22-11-21(33-25(31)34-22)36-8-5-26(6-9-36)12-18(24(40)41)32-14-26/h2-4,7,10-11,18,20,23,32,38-39H,5-6,8-9,12-14H2,1H3,(H,40,41)(H2,31,33,34)/t18?,20?,23-/m1/s1. The van der Waals surface area contributed by atoms with Crippen LogP contribution in [-0.2, 0) is 4.79 Å². The number of halogens is 3. The van der Waals surface area contributed by atoms with Crippen molar-refractivity contribution < 1.29 is 38.0 Å². The molecule has 15 heteroatoms. The Morgan fingerprint density at radius 1 is 1.24 bits per heavy atom. The molecular formula is C27H32F3N7O5. The zero-order valence-electron chi connectivity index (χ0n) is 22.8.